The average Bonchev–Trinajstić information content (AvgIpc) is 3.25. The van der Waals surface area contributed by atoms with Crippen LogP contribution in [-0.4, -0.2) is 26.8 Å². The molecule has 0 saturated heterocycles. The van der Waals surface area contributed by atoms with Gasteiger partial charge in [0.25, 0.3) is 0 Å². The Morgan fingerprint density at radius 3 is 2.79 bits per heavy atom. The largest absolute Gasteiger partial charge is 0.476 e. The summed E-state index contributed by atoms with van der Waals surface area (Å²) in [6.45, 7) is 0. The normalized spacial score (nSPS) is 10.5. The molecule has 7 heteroatoms. The van der Waals surface area contributed by atoms with Gasteiger partial charge in [-0.3, -0.25) is 4.79 Å². The van der Waals surface area contributed by atoms with Crippen LogP contribution in [-0.2, 0) is 11.2 Å². The quantitative estimate of drug-likeness (QED) is 0.721. The molecule has 3 rings (SSSR count). The van der Waals surface area contributed by atoms with Crippen molar-refractivity contribution in [2.24, 2.45) is 0 Å². The molecule has 2 N–H and O–H groups in total. The highest BCUT2D eigenvalue weighted by atomic mass is 32.1. The molecule has 0 aliphatic carbocycles. The fourth-order valence-electron chi connectivity index (χ4n) is 2.22. The third-order valence-corrected chi connectivity index (χ3v) is 4.32. The molecular formula is C17H15N3O3S. The van der Waals surface area contributed by atoms with Gasteiger partial charge in [0, 0.05) is 23.2 Å². The first-order valence-electron chi connectivity index (χ1n) is 7.33. The number of aromatic nitrogens is 2. The first-order valence-corrected chi connectivity index (χ1v) is 8.21. The van der Waals surface area contributed by atoms with Crippen LogP contribution in [0, 0.1) is 0 Å². The number of nitrogens with zero attached hydrogens (tertiary/aromatic N) is 2. The van der Waals surface area contributed by atoms with E-state index in [0.717, 1.165) is 0 Å². The molecule has 6 nitrogen and oxygen atoms in total. The summed E-state index contributed by atoms with van der Waals surface area (Å²) >= 11 is 1.64. The number of hydrogen-bond acceptors (Lipinski definition) is 4. The van der Waals surface area contributed by atoms with Crippen LogP contribution in [0.4, 0.5) is 5.69 Å². The van der Waals surface area contributed by atoms with E-state index in [1.165, 1.54) is 15.6 Å². The smallest absolute Gasteiger partial charge is 0.356 e. The third-order valence-electron chi connectivity index (χ3n) is 3.38. The van der Waals surface area contributed by atoms with Gasteiger partial charge in [-0.15, -0.1) is 11.3 Å². The Labute approximate surface area is 142 Å². The Hall–Kier alpha value is -2.93. The van der Waals surface area contributed by atoms with Crippen molar-refractivity contribution in [2.75, 3.05) is 5.32 Å². The summed E-state index contributed by atoms with van der Waals surface area (Å²) in [4.78, 5) is 24.1. The molecule has 0 fully saturated rings. The predicted octanol–water partition coefficient (Wildman–Crippen LogP) is 3.20. The fraction of sp³-hybridized carbons (Fsp3) is 0.118. The molecule has 122 valence electrons. The van der Waals surface area contributed by atoms with E-state index >= 15 is 0 Å². The van der Waals surface area contributed by atoms with Gasteiger partial charge in [0.1, 0.15) is 0 Å². The molecule has 2 aromatic heterocycles. The van der Waals surface area contributed by atoms with Crippen LogP contribution in [0.3, 0.4) is 0 Å². The van der Waals surface area contributed by atoms with Crippen molar-refractivity contribution in [3.05, 3.63) is 64.6 Å². The molecule has 0 unspecified atom stereocenters. The third kappa shape index (κ3) is 3.88. The van der Waals surface area contributed by atoms with Crippen LogP contribution in [0.15, 0.2) is 54.0 Å². The molecule has 0 radical (unpaired) electrons. The van der Waals surface area contributed by atoms with Gasteiger partial charge in [0.05, 0.1) is 5.69 Å². The van der Waals surface area contributed by atoms with E-state index in [1.807, 2.05) is 17.5 Å². The number of carboxylic acid groups (broad SMARTS) is 1. The summed E-state index contributed by atoms with van der Waals surface area (Å²) in [7, 11) is 0. The second-order valence-electron chi connectivity index (χ2n) is 5.13. The predicted molar refractivity (Wildman–Crippen MR) is 91.8 cm³/mol. The van der Waals surface area contributed by atoms with E-state index in [-0.39, 0.29) is 11.6 Å². The van der Waals surface area contributed by atoms with E-state index in [0.29, 0.717) is 24.2 Å². The Kier molecular flexibility index (Phi) is 4.72. The lowest BCUT2D eigenvalue weighted by Crippen LogP contribution is -2.12. The molecule has 0 aliphatic heterocycles. The SMILES string of the molecule is O=C(CCc1cccs1)Nc1cccc(-n2ccc(C(=O)O)n2)c1. The number of carboxylic acids is 1. The molecule has 0 atom stereocenters. The van der Waals surface area contributed by atoms with Gasteiger partial charge >= 0.3 is 5.97 Å². The van der Waals surface area contributed by atoms with E-state index < -0.39 is 5.97 Å². The first kappa shape index (κ1) is 15.9. The number of nitrogens with one attached hydrogen (secondary N) is 1. The number of carbonyl (C=O) groups is 2. The number of aromatic carboxylic acids is 1. The molecular weight excluding hydrogens is 326 g/mol. The van der Waals surface area contributed by atoms with Gasteiger partial charge in [-0.05, 0) is 42.1 Å². The second kappa shape index (κ2) is 7.10. The van der Waals surface area contributed by atoms with Crippen molar-refractivity contribution in [3.63, 3.8) is 0 Å². The van der Waals surface area contributed by atoms with Crippen molar-refractivity contribution in [1.82, 2.24) is 9.78 Å². The monoisotopic (exact) mass is 341 g/mol. The number of thiophene rings is 1. The summed E-state index contributed by atoms with van der Waals surface area (Å²) in [5.74, 6) is -1.14. The van der Waals surface area contributed by atoms with Crippen LogP contribution >= 0.6 is 11.3 Å². The first-order chi connectivity index (χ1) is 11.6. The molecule has 0 spiro atoms. The maximum Gasteiger partial charge on any atom is 0.356 e. The van der Waals surface area contributed by atoms with E-state index in [4.69, 9.17) is 5.11 Å². The van der Waals surface area contributed by atoms with Gasteiger partial charge in [0.15, 0.2) is 5.69 Å². The lowest BCUT2D eigenvalue weighted by molar-refractivity contribution is -0.116. The maximum atomic E-state index is 12.0. The minimum absolute atomic E-state index is 0.0274. The minimum atomic E-state index is -1.08. The Morgan fingerprint density at radius 1 is 1.21 bits per heavy atom. The number of benzene rings is 1. The van der Waals surface area contributed by atoms with Crippen molar-refractivity contribution in [2.45, 2.75) is 12.8 Å². The highest BCUT2D eigenvalue weighted by Gasteiger charge is 2.09. The van der Waals surface area contributed by atoms with Crippen LogP contribution in [0.5, 0.6) is 0 Å². The van der Waals surface area contributed by atoms with Crippen molar-refractivity contribution < 1.29 is 14.7 Å². The lowest BCUT2D eigenvalue weighted by Gasteiger charge is -2.07. The molecule has 0 bridgehead atoms. The highest BCUT2D eigenvalue weighted by Crippen LogP contribution is 2.16. The standard InChI is InChI=1S/C17H15N3O3S/c21-16(7-6-14-5-2-10-24-14)18-12-3-1-4-13(11-12)20-9-8-15(19-20)17(22)23/h1-5,8-11H,6-7H2,(H,18,21)(H,22,23). The van der Waals surface area contributed by atoms with Crippen LogP contribution in [0.2, 0.25) is 0 Å². The van der Waals surface area contributed by atoms with Crippen molar-refractivity contribution >= 4 is 28.9 Å². The molecule has 0 saturated carbocycles. The zero-order valence-electron chi connectivity index (χ0n) is 12.7. The van der Waals surface area contributed by atoms with E-state index in [1.54, 1.807) is 41.8 Å². The number of anilines is 1. The van der Waals surface area contributed by atoms with Crippen molar-refractivity contribution in [3.8, 4) is 5.69 Å². The minimum Gasteiger partial charge on any atom is -0.476 e. The molecule has 1 amide bonds. The second-order valence-corrected chi connectivity index (χ2v) is 6.16. The van der Waals surface area contributed by atoms with Gasteiger partial charge < -0.3 is 10.4 Å². The van der Waals surface area contributed by atoms with Gasteiger partial charge in [-0.25, -0.2) is 9.48 Å². The van der Waals surface area contributed by atoms with Gasteiger partial charge in [0.2, 0.25) is 5.91 Å². The van der Waals surface area contributed by atoms with Crippen LogP contribution < -0.4 is 5.32 Å². The highest BCUT2D eigenvalue weighted by molar-refractivity contribution is 7.09. The molecule has 3 aromatic rings. The van der Waals surface area contributed by atoms with Crippen molar-refractivity contribution in [1.29, 1.82) is 0 Å². The van der Waals surface area contributed by atoms with Crippen LogP contribution in [0.25, 0.3) is 5.69 Å². The van der Waals surface area contributed by atoms with Crippen LogP contribution in [0.1, 0.15) is 21.8 Å². The summed E-state index contributed by atoms with van der Waals surface area (Å²) < 4.78 is 1.46. The Balaban J connectivity index is 1.66. The van der Waals surface area contributed by atoms with Gasteiger partial charge in [-0.1, -0.05) is 12.1 Å². The average molecular weight is 341 g/mol. The molecule has 2 heterocycles. The van der Waals surface area contributed by atoms with E-state index in [2.05, 4.69) is 10.4 Å². The number of carbonyl (C=O) groups excluding carboxylic acids is 1. The fourth-order valence-corrected chi connectivity index (χ4v) is 2.93. The number of amides is 1. The summed E-state index contributed by atoms with van der Waals surface area (Å²) in [5, 5.41) is 17.7. The zero-order chi connectivity index (χ0) is 16.9. The number of hydrogen-bond donors (Lipinski definition) is 2. The topological polar surface area (TPSA) is 84.2 Å². The van der Waals surface area contributed by atoms with Gasteiger partial charge in [-0.2, -0.15) is 5.10 Å². The molecule has 0 aliphatic rings. The summed E-state index contributed by atoms with van der Waals surface area (Å²) in [5.41, 5.74) is 1.30. The lowest BCUT2D eigenvalue weighted by atomic mass is 10.2. The molecule has 1 aromatic carbocycles. The summed E-state index contributed by atoms with van der Waals surface area (Å²) in [6.07, 6.45) is 2.70. The maximum absolute atomic E-state index is 12.0. The Bertz CT molecular complexity index is 856. The number of rotatable bonds is 6. The number of aryl methyl sites for hydroxylation is 1. The summed E-state index contributed by atoms with van der Waals surface area (Å²) in [6, 6.07) is 12.5. The molecule has 24 heavy (non-hydrogen) atoms. The Morgan fingerprint density at radius 2 is 2.08 bits per heavy atom. The van der Waals surface area contributed by atoms with E-state index in [9.17, 15) is 9.59 Å². The zero-order valence-corrected chi connectivity index (χ0v) is 13.5.